The molecule has 2 aromatic heterocycles. The largest absolute Gasteiger partial charge is 0.313 e. The third-order valence-corrected chi connectivity index (χ3v) is 3.84. The molecule has 0 amide bonds. The van der Waals surface area contributed by atoms with Gasteiger partial charge in [0.2, 0.25) is 0 Å². The molecule has 0 spiro atoms. The molecule has 0 saturated carbocycles. The lowest BCUT2D eigenvalue weighted by atomic mass is 10.1. The minimum atomic E-state index is 0.380. The van der Waals surface area contributed by atoms with Crippen molar-refractivity contribution in [2.45, 2.75) is 52.1 Å². The second kappa shape index (κ2) is 7.93. The lowest BCUT2D eigenvalue weighted by Crippen LogP contribution is -2.33. The topological polar surface area (TPSA) is 42.7 Å². The molecule has 2 heterocycles. The number of hydrogen-bond acceptors (Lipinski definition) is 3. The van der Waals surface area contributed by atoms with Crippen molar-refractivity contribution in [1.82, 2.24) is 20.1 Å². The second-order valence-corrected chi connectivity index (χ2v) is 5.53. The van der Waals surface area contributed by atoms with E-state index in [1.54, 1.807) is 0 Å². The molecule has 4 heteroatoms. The molecular formula is C17H26N4. The highest BCUT2D eigenvalue weighted by Gasteiger charge is 2.13. The Morgan fingerprint density at radius 2 is 1.95 bits per heavy atom. The van der Waals surface area contributed by atoms with Gasteiger partial charge < -0.3 is 5.32 Å². The predicted molar refractivity (Wildman–Crippen MR) is 86.3 cm³/mol. The van der Waals surface area contributed by atoms with E-state index in [4.69, 9.17) is 5.10 Å². The van der Waals surface area contributed by atoms with Gasteiger partial charge in [0.05, 0.1) is 5.69 Å². The van der Waals surface area contributed by atoms with E-state index in [1.165, 1.54) is 0 Å². The van der Waals surface area contributed by atoms with Crippen LogP contribution in [0.25, 0.3) is 0 Å². The van der Waals surface area contributed by atoms with E-state index in [2.05, 4.69) is 54.1 Å². The monoisotopic (exact) mass is 286 g/mol. The van der Waals surface area contributed by atoms with E-state index < -0.39 is 0 Å². The molecule has 0 radical (unpaired) electrons. The van der Waals surface area contributed by atoms with E-state index in [0.29, 0.717) is 12.1 Å². The van der Waals surface area contributed by atoms with Gasteiger partial charge in [-0.3, -0.25) is 9.67 Å². The van der Waals surface area contributed by atoms with Gasteiger partial charge in [-0.1, -0.05) is 19.9 Å². The van der Waals surface area contributed by atoms with Crippen LogP contribution in [0.3, 0.4) is 0 Å². The van der Waals surface area contributed by atoms with E-state index in [9.17, 15) is 0 Å². The molecule has 2 unspecified atom stereocenters. The van der Waals surface area contributed by atoms with Crippen LogP contribution in [0.1, 0.15) is 44.6 Å². The Morgan fingerprint density at radius 3 is 2.62 bits per heavy atom. The van der Waals surface area contributed by atoms with Crippen LogP contribution in [0.2, 0.25) is 0 Å². The van der Waals surface area contributed by atoms with Gasteiger partial charge >= 0.3 is 0 Å². The van der Waals surface area contributed by atoms with Crippen LogP contribution in [0, 0.1) is 0 Å². The Hall–Kier alpha value is -1.68. The molecule has 2 atom stereocenters. The number of likely N-dealkylation sites (N-methyl/N-ethyl adjacent to an activating group) is 1. The third kappa shape index (κ3) is 4.67. The summed E-state index contributed by atoms with van der Waals surface area (Å²) in [4.78, 5) is 4.42. The molecule has 0 aliphatic heterocycles. The lowest BCUT2D eigenvalue weighted by Gasteiger charge is -2.16. The minimum Gasteiger partial charge on any atom is -0.313 e. The molecule has 114 valence electrons. The molecule has 0 aliphatic carbocycles. The van der Waals surface area contributed by atoms with Gasteiger partial charge in [-0.05, 0) is 38.1 Å². The van der Waals surface area contributed by atoms with Crippen molar-refractivity contribution in [2.24, 2.45) is 0 Å². The van der Waals surface area contributed by atoms with Crippen LogP contribution in [0.5, 0.6) is 0 Å². The third-order valence-electron chi connectivity index (χ3n) is 3.84. The standard InChI is InChI=1S/C17H26N4/c1-4-14(3)21-11-9-16(20-21)13-17(18-5-2)12-15-8-6-7-10-19-15/h6-11,14,17-18H,4-5,12-13H2,1-3H3. The van der Waals surface area contributed by atoms with Crippen LogP contribution in [0.4, 0.5) is 0 Å². The zero-order chi connectivity index (χ0) is 15.1. The zero-order valence-corrected chi connectivity index (χ0v) is 13.3. The van der Waals surface area contributed by atoms with Gasteiger partial charge in [0, 0.05) is 43.0 Å². The number of aromatic nitrogens is 3. The Labute approximate surface area is 127 Å². The summed E-state index contributed by atoms with van der Waals surface area (Å²) in [5.41, 5.74) is 2.28. The Kier molecular flexibility index (Phi) is 5.93. The summed E-state index contributed by atoms with van der Waals surface area (Å²) in [6.07, 6.45) is 6.92. The molecular weight excluding hydrogens is 260 g/mol. The number of pyridine rings is 1. The first kappa shape index (κ1) is 15.7. The number of rotatable bonds is 8. The molecule has 0 saturated heterocycles. The van der Waals surface area contributed by atoms with Crippen molar-refractivity contribution in [3.05, 3.63) is 48.0 Å². The molecule has 2 rings (SSSR count). The maximum atomic E-state index is 4.70. The molecule has 2 aromatic rings. The fourth-order valence-electron chi connectivity index (χ4n) is 2.45. The normalized spacial score (nSPS) is 14.0. The van der Waals surface area contributed by atoms with Crippen LogP contribution in [-0.2, 0) is 12.8 Å². The van der Waals surface area contributed by atoms with Crippen LogP contribution >= 0.6 is 0 Å². The van der Waals surface area contributed by atoms with Gasteiger partial charge in [-0.25, -0.2) is 0 Å². The average Bonchev–Trinajstić information content (AvgIpc) is 2.96. The summed E-state index contributed by atoms with van der Waals surface area (Å²) in [5.74, 6) is 0. The van der Waals surface area contributed by atoms with Crippen molar-refractivity contribution >= 4 is 0 Å². The van der Waals surface area contributed by atoms with Crippen LogP contribution < -0.4 is 5.32 Å². The average molecular weight is 286 g/mol. The van der Waals surface area contributed by atoms with E-state index in [-0.39, 0.29) is 0 Å². The Bertz CT molecular complexity index is 521. The molecule has 0 bridgehead atoms. The quantitative estimate of drug-likeness (QED) is 0.811. The number of nitrogens with zero attached hydrogens (tertiary/aromatic N) is 3. The highest BCUT2D eigenvalue weighted by molar-refractivity contribution is 5.08. The van der Waals surface area contributed by atoms with Crippen molar-refractivity contribution in [3.63, 3.8) is 0 Å². The molecule has 0 aliphatic rings. The maximum absolute atomic E-state index is 4.70. The van der Waals surface area contributed by atoms with Gasteiger partial charge in [-0.15, -0.1) is 0 Å². The first-order chi connectivity index (χ1) is 10.2. The molecule has 0 fully saturated rings. The van der Waals surface area contributed by atoms with E-state index in [1.807, 2.05) is 18.3 Å². The summed E-state index contributed by atoms with van der Waals surface area (Å²) >= 11 is 0. The highest BCUT2D eigenvalue weighted by Crippen LogP contribution is 2.11. The molecule has 0 aromatic carbocycles. The summed E-state index contributed by atoms with van der Waals surface area (Å²) in [5, 5.41) is 8.24. The Morgan fingerprint density at radius 1 is 1.14 bits per heavy atom. The first-order valence-corrected chi connectivity index (χ1v) is 7.90. The summed E-state index contributed by atoms with van der Waals surface area (Å²) in [7, 11) is 0. The van der Waals surface area contributed by atoms with Crippen molar-refractivity contribution in [3.8, 4) is 0 Å². The summed E-state index contributed by atoms with van der Waals surface area (Å²) < 4.78 is 2.07. The van der Waals surface area contributed by atoms with Crippen molar-refractivity contribution in [2.75, 3.05) is 6.54 Å². The van der Waals surface area contributed by atoms with Crippen LogP contribution in [-0.4, -0.2) is 27.4 Å². The van der Waals surface area contributed by atoms with Gasteiger partial charge in [-0.2, -0.15) is 5.10 Å². The molecule has 21 heavy (non-hydrogen) atoms. The van der Waals surface area contributed by atoms with Crippen molar-refractivity contribution in [1.29, 1.82) is 0 Å². The molecule has 4 nitrogen and oxygen atoms in total. The summed E-state index contributed by atoms with van der Waals surface area (Å²) in [6, 6.07) is 9.07. The van der Waals surface area contributed by atoms with E-state index >= 15 is 0 Å². The SMILES string of the molecule is CCNC(Cc1ccccn1)Cc1ccn(C(C)CC)n1. The lowest BCUT2D eigenvalue weighted by molar-refractivity contribution is 0.463. The second-order valence-electron chi connectivity index (χ2n) is 5.53. The van der Waals surface area contributed by atoms with Gasteiger partial charge in [0.25, 0.3) is 0 Å². The minimum absolute atomic E-state index is 0.380. The Balaban J connectivity index is 2.00. The maximum Gasteiger partial charge on any atom is 0.0640 e. The smallest absolute Gasteiger partial charge is 0.0640 e. The highest BCUT2D eigenvalue weighted by atomic mass is 15.3. The molecule has 1 N–H and O–H groups in total. The first-order valence-electron chi connectivity index (χ1n) is 7.90. The number of nitrogens with one attached hydrogen (secondary N) is 1. The fraction of sp³-hybridized carbons (Fsp3) is 0.529. The fourth-order valence-corrected chi connectivity index (χ4v) is 2.45. The van der Waals surface area contributed by atoms with Gasteiger partial charge in [0.1, 0.15) is 0 Å². The zero-order valence-electron chi connectivity index (χ0n) is 13.3. The summed E-state index contributed by atoms with van der Waals surface area (Å²) in [6.45, 7) is 7.49. The van der Waals surface area contributed by atoms with Gasteiger partial charge in [0.15, 0.2) is 0 Å². The van der Waals surface area contributed by atoms with E-state index in [0.717, 1.165) is 37.2 Å². The van der Waals surface area contributed by atoms with Crippen molar-refractivity contribution < 1.29 is 0 Å². The predicted octanol–water partition coefficient (Wildman–Crippen LogP) is 3.01. The number of hydrogen-bond donors (Lipinski definition) is 1. The van der Waals surface area contributed by atoms with Crippen LogP contribution in [0.15, 0.2) is 36.7 Å².